The van der Waals surface area contributed by atoms with E-state index in [-0.39, 0.29) is 5.75 Å². The molecule has 0 saturated heterocycles. The molecule has 21 heavy (non-hydrogen) atoms. The molecule has 0 atom stereocenters. The van der Waals surface area contributed by atoms with Crippen molar-refractivity contribution in [1.82, 2.24) is 14.8 Å². The predicted molar refractivity (Wildman–Crippen MR) is 83.4 cm³/mol. The molecule has 0 radical (unpaired) electrons. The first-order chi connectivity index (χ1) is 9.97. The fourth-order valence-electron chi connectivity index (χ4n) is 1.97. The largest absolute Gasteiger partial charge is 0.481 e. The molecular formula is C15H19N3O2S. The third-order valence-electron chi connectivity index (χ3n) is 2.90. The maximum Gasteiger partial charge on any atom is 0.313 e. The normalized spacial score (nSPS) is 11.0. The fourth-order valence-corrected chi connectivity index (χ4v) is 2.64. The topological polar surface area (TPSA) is 68.0 Å². The standard InChI is InChI=1S/C15H19N3O2S/c1-10(2)8-18-14(12-6-4-11(3)5-7-12)16-17-15(18)21-9-13(19)20/h4-7,10H,8-9H2,1-3H3,(H,19,20). The van der Waals surface area contributed by atoms with Gasteiger partial charge in [0, 0.05) is 12.1 Å². The van der Waals surface area contributed by atoms with Crippen LogP contribution in [0.1, 0.15) is 19.4 Å². The van der Waals surface area contributed by atoms with E-state index in [0.717, 1.165) is 17.9 Å². The second-order valence-electron chi connectivity index (χ2n) is 5.36. The Balaban J connectivity index is 2.35. The smallest absolute Gasteiger partial charge is 0.313 e. The number of rotatable bonds is 6. The van der Waals surface area contributed by atoms with Crippen LogP contribution in [0.5, 0.6) is 0 Å². The molecule has 6 heteroatoms. The number of aromatic nitrogens is 3. The van der Waals surface area contributed by atoms with Gasteiger partial charge in [-0.25, -0.2) is 0 Å². The highest BCUT2D eigenvalue weighted by Crippen LogP contribution is 2.25. The van der Waals surface area contributed by atoms with Crippen LogP contribution >= 0.6 is 11.8 Å². The summed E-state index contributed by atoms with van der Waals surface area (Å²) in [6.45, 7) is 7.03. The molecule has 2 aromatic rings. The van der Waals surface area contributed by atoms with E-state index in [9.17, 15) is 4.79 Å². The van der Waals surface area contributed by atoms with Crippen molar-refractivity contribution in [1.29, 1.82) is 0 Å². The van der Waals surface area contributed by atoms with Gasteiger partial charge < -0.3 is 9.67 Å². The molecule has 0 aliphatic rings. The number of hydrogen-bond donors (Lipinski definition) is 1. The summed E-state index contributed by atoms with van der Waals surface area (Å²) in [6, 6.07) is 8.10. The number of carbonyl (C=O) groups is 1. The average Bonchev–Trinajstić information content (AvgIpc) is 2.79. The van der Waals surface area contributed by atoms with Gasteiger partial charge in [-0.3, -0.25) is 4.79 Å². The summed E-state index contributed by atoms with van der Waals surface area (Å²) in [4.78, 5) is 10.7. The molecule has 0 aliphatic heterocycles. The predicted octanol–water partition coefficient (Wildman–Crippen LogP) is 3.09. The highest BCUT2D eigenvalue weighted by Gasteiger charge is 2.16. The molecule has 0 saturated carbocycles. The first-order valence-electron chi connectivity index (χ1n) is 6.82. The monoisotopic (exact) mass is 305 g/mol. The van der Waals surface area contributed by atoms with Crippen LogP contribution in [0.3, 0.4) is 0 Å². The molecule has 5 nitrogen and oxygen atoms in total. The molecule has 0 fully saturated rings. The number of carboxylic acid groups (broad SMARTS) is 1. The molecule has 0 aliphatic carbocycles. The van der Waals surface area contributed by atoms with Crippen LogP contribution in [0.2, 0.25) is 0 Å². The average molecular weight is 305 g/mol. The maximum atomic E-state index is 10.7. The first kappa shape index (κ1) is 15.6. The Hall–Kier alpha value is -1.82. The highest BCUT2D eigenvalue weighted by molar-refractivity contribution is 7.99. The van der Waals surface area contributed by atoms with Crippen molar-refractivity contribution in [3.05, 3.63) is 29.8 Å². The quantitative estimate of drug-likeness (QED) is 0.831. The molecule has 1 aromatic heterocycles. The minimum atomic E-state index is -0.851. The van der Waals surface area contributed by atoms with Crippen molar-refractivity contribution in [2.45, 2.75) is 32.5 Å². The van der Waals surface area contributed by atoms with E-state index in [0.29, 0.717) is 11.1 Å². The Labute approximate surface area is 128 Å². The van der Waals surface area contributed by atoms with Crippen molar-refractivity contribution in [2.75, 3.05) is 5.75 Å². The molecule has 112 valence electrons. The van der Waals surface area contributed by atoms with Crippen molar-refractivity contribution in [3.8, 4) is 11.4 Å². The lowest BCUT2D eigenvalue weighted by Gasteiger charge is -2.12. The lowest BCUT2D eigenvalue weighted by Crippen LogP contribution is -2.09. The zero-order valence-electron chi connectivity index (χ0n) is 12.4. The van der Waals surface area contributed by atoms with E-state index in [1.165, 1.54) is 17.3 Å². The van der Waals surface area contributed by atoms with Crippen molar-refractivity contribution >= 4 is 17.7 Å². The number of thioether (sulfide) groups is 1. The number of aliphatic carboxylic acids is 1. The molecule has 0 unspecified atom stereocenters. The first-order valence-corrected chi connectivity index (χ1v) is 7.80. The van der Waals surface area contributed by atoms with Gasteiger partial charge in [-0.05, 0) is 12.8 Å². The minimum Gasteiger partial charge on any atom is -0.481 e. The van der Waals surface area contributed by atoms with E-state index in [4.69, 9.17) is 5.11 Å². The van der Waals surface area contributed by atoms with Gasteiger partial charge in [0.25, 0.3) is 0 Å². The van der Waals surface area contributed by atoms with E-state index in [1.807, 2.05) is 35.8 Å². The van der Waals surface area contributed by atoms with E-state index >= 15 is 0 Å². The zero-order valence-corrected chi connectivity index (χ0v) is 13.2. The van der Waals surface area contributed by atoms with Gasteiger partial charge in [-0.15, -0.1) is 10.2 Å². The zero-order chi connectivity index (χ0) is 15.4. The third kappa shape index (κ3) is 4.07. The van der Waals surface area contributed by atoms with Gasteiger partial charge in [-0.2, -0.15) is 0 Å². The van der Waals surface area contributed by atoms with Crippen LogP contribution < -0.4 is 0 Å². The number of benzene rings is 1. The summed E-state index contributed by atoms with van der Waals surface area (Å²) in [5, 5.41) is 17.9. The van der Waals surface area contributed by atoms with Gasteiger partial charge in [0.15, 0.2) is 11.0 Å². The van der Waals surface area contributed by atoms with Gasteiger partial charge in [0.05, 0.1) is 5.75 Å². The highest BCUT2D eigenvalue weighted by atomic mass is 32.2. The Morgan fingerprint density at radius 2 is 1.95 bits per heavy atom. The van der Waals surface area contributed by atoms with Crippen LogP contribution in [0.4, 0.5) is 0 Å². The summed E-state index contributed by atoms with van der Waals surface area (Å²) in [5.41, 5.74) is 2.19. The molecule has 2 rings (SSSR count). The summed E-state index contributed by atoms with van der Waals surface area (Å²) in [6.07, 6.45) is 0. The second-order valence-corrected chi connectivity index (χ2v) is 6.30. The van der Waals surface area contributed by atoms with Gasteiger partial charge in [0.1, 0.15) is 0 Å². The lowest BCUT2D eigenvalue weighted by molar-refractivity contribution is -0.133. The van der Waals surface area contributed by atoms with Crippen LogP contribution in [0.25, 0.3) is 11.4 Å². The van der Waals surface area contributed by atoms with Gasteiger partial charge >= 0.3 is 5.97 Å². The molecule has 0 bridgehead atoms. The Morgan fingerprint density at radius 1 is 1.29 bits per heavy atom. The molecule has 0 amide bonds. The summed E-state index contributed by atoms with van der Waals surface area (Å²) in [7, 11) is 0. The second kappa shape index (κ2) is 6.76. The van der Waals surface area contributed by atoms with Gasteiger partial charge in [0.2, 0.25) is 0 Å². The molecular weight excluding hydrogens is 286 g/mol. The van der Waals surface area contributed by atoms with Crippen molar-refractivity contribution in [2.24, 2.45) is 5.92 Å². The van der Waals surface area contributed by atoms with Gasteiger partial charge in [-0.1, -0.05) is 55.4 Å². The summed E-state index contributed by atoms with van der Waals surface area (Å²) < 4.78 is 2.00. The molecule has 1 N–H and O–H groups in total. The Morgan fingerprint density at radius 3 is 2.52 bits per heavy atom. The van der Waals surface area contributed by atoms with Crippen LogP contribution in [0.15, 0.2) is 29.4 Å². The molecule has 1 heterocycles. The molecule has 0 spiro atoms. The fraction of sp³-hybridized carbons (Fsp3) is 0.400. The summed E-state index contributed by atoms with van der Waals surface area (Å²) >= 11 is 1.21. The Bertz CT molecular complexity index is 620. The number of hydrogen-bond acceptors (Lipinski definition) is 4. The maximum absolute atomic E-state index is 10.7. The van der Waals surface area contributed by atoms with Crippen LogP contribution in [-0.4, -0.2) is 31.6 Å². The minimum absolute atomic E-state index is 0.00980. The SMILES string of the molecule is Cc1ccc(-c2nnc(SCC(=O)O)n2CC(C)C)cc1. The van der Waals surface area contributed by atoms with Crippen molar-refractivity contribution in [3.63, 3.8) is 0 Å². The van der Waals surface area contributed by atoms with E-state index in [1.54, 1.807) is 0 Å². The van der Waals surface area contributed by atoms with Crippen molar-refractivity contribution < 1.29 is 9.90 Å². The van der Waals surface area contributed by atoms with E-state index in [2.05, 4.69) is 24.0 Å². The number of carboxylic acids is 1. The Kier molecular flexibility index (Phi) is 5.01. The van der Waals surface area contributed by atoms with Crippen LogP contribution in [-0.2, 0) is 11.3 Å². The van der Waals surface area contributed by atoms with Crippen LogP contribution in [0, 0.1) is 12.8 Å². The summed E-state index contributed by atoms with van der Waals surface area (Å²) in [5.74, 6) is 0.353. The third-order valence-corrected chi connectivity index (χ3v) is 3.85. The van der Waals surface area contributed by atoms with E-state index < -0.39 is 5.97 Å². The lowest BCUT2D eigenvalue weighted by atomic mass is 10.1. The number of aryl methyl sites for hydroxylation is 1. The number of nitrogens with zero attached hydrogens (tertiary/aromatic N) is 3. The molecule has 1 aromatic carbocycles.